The van der Waals surface area contributed by atoms with Gasteiger partial charge in [-0.15, -0.1) is 0 Å². The zero-order valence-electron chi connectivity index (χ0n) is 9.01. The Morgan fingerprint density at radius 1 is 1.44 bits per heavy atom. The van der Waals surface area contributed by atoms with Crippen LogP contribution in [0.25, 0.3) is 11.4 Å². The SMILES string of the molecule is C/C(=N\O)c1cccc(-c2noc(C)n2)c1. The van der Waals surface area contributed by atoms with Crippen molar-refractivity contribution in [3.05, 3.63) is 35.7 Å². The van der Waals surface area contributed by atoms with Crippen LogP contribution in [0.5, 0.6) is 0 Å². The van der Waals surface area contributed by atoms with Crippen LogP contribution >= 0.6 is 0 Å². The fourth-order valence-electron chi connectivity index (χ4n) is 1.36. The maximum absolute atomic E-state index is 8.69. The average molecular weight is 217 g/mol. The lowest BCUT2D eigenvalue weighted by Crippen LogP contribution is -1.94. The molecule has 0 bridgehead atoms. The first-order valence-corrected chi connectivity index (χ1v) is 4.80. The van der Waals surface area contributed by atoms with Crippen LogP contribution in [0.2, 0.25) is 0 Å². The molecule has 1 heterocycles. The molecule has 0 unspecified atom stereocenters. The maximum atomic E-state index is 8.69. The predicted molar refractivity (Wildman–Crippen MR) is 58.5 cm³/mol. The number of hydrogen-bond acceptors (Lipinski definition) is 5. The first-order chi connectivity index (χ1) is 7.70. The molecular weight excluding hydrogens is 206 g/mol. The van der Waals surface area contributed by atoms with Crippen molar-refractivity contribution in [1.29, 1.82) is 0 Å². The van der Waals surface area contributed by atoms with Crippen LogP contribution in [-0.4, -0.2) is 21.1 Å². The van der Waals surface area contributed by atoms with Crippen LogP contribution in [0.1, 0.15) is 18.4 Å². The molecule has 16 heavy (non-hydrogen) atoms. The largest absolute Gasteiger partial charge is 0.411 e. The molecule has 0 radical (unpaired) electrons. The van der Waals surface area contributed by atoms with Gasteiger partial charge in [0.05, 0.1) is 5.71 Å². The Morgan fingerprint density at radius 3 is 2.88 bits per heavy atom. The van der Waals surface area contributed by atoms with Crippen LogP contribution in [0.15, 0.2) is 33.9 Å². The lowest BCUT2D eigenvalue weighted by molar-refractivity contribution is 0.319. The number of oxime groups is 1. The molecule has 82 valence electrons. The number of hydrogen-bond donors (Lipinski definition) is 1. The molecule has 0 atom stereocenters. The number of aryl methyl sites for hydroxylation is 1. The van der Waals surface area contributed by atoms with Crippen molar-refractivity contribution in [2.75, 3.05) is 0 Å². The van der Waals surface area contributed by atoms with Crippen molar-refractivity contribution >= 4 is 5.71 Å². The van der Waals surface area contributed by atoms with Crippen LogP contribution in [0.3, 0.4) is 0 Å². The zero-order chi connectivity index (χ0) is 11.5. The van der Waals surface area contributed by atoms with E-state index < -0.39 is 0 Å². The second kappa shape index (κ2) is 4.14. The quantitative estimate of drug-likeness (QED) is 0.475. The van der Waals surface area contributed by atoms with Crippen molar-refractivity contribution in [2.24, 2.45) is 5.16 Å². The molecule has 0 aliphatic carbocycles. The van der Waals surface area contributed by atoms with Crippen LogP contribution < -0.4 is 0 Å². The van der Waals surface area contributed by atoms with Gasteiger partial charge in [0.15, 0.2) is 0 Å². The highest BCUT2D eigenvalue weighted by Gasteiger charge is 2.07. The Hall–Kier alpha value is -2.17. The van der Waals surface area contributed by atoms with Crippen molar-refractivity contribution < 1.29 is 9.73 Å². The summed E-state index contributed by atoms with van der Waals surface area (Å²) < 4.78 is 4.90. The van der Waals surface area contributed by atoms with E-state index in [0.29, 0.717) is 17.4 Å². The molecule has 2 aromatic rings. The van der Waals surface area contributed by atoms with E-state index in [0.717, 1.165) is 11.1 Å². The minimum atomic E-state index is 0.521. The highest BCUT2D eigenvalue weighted by atomic mass is 16.5. The number of aromatic nitrogens is 2. The molecule has 2 rings (SSSR count). The molecule has 5 heteroatoms. The van der Waals surface area contributed by atoms with Gasteiger partial charge in [0.2, 0.25) is 11.7 Å². The van der Waals surface area contributed by atoms with Gasteiger partial charge in [0.1, 0.15) is 0 Å². The lowest BCUT2D eigenvalue weighted by atomic mass is 10.1. The molecule has 1 aromatic carbocycles. The summed E-state index contributed by atoms with van der Waals surface area (Å²) >= 11 is 0. The second-order valence-corrected chi connectivity index (χ2v) is 3.40. The zero-order valence-corrected chi connectivity index (χ0v) is 9.01. The smallest absolute Gasteiger partial charge is 0.223 e. The number of rotatable bonds is 2. The molecule has 0 spiro atoms. The summed E-state index contributed by atoms with van der Waals surface area (Å²) in [6, 6.07) is 7.42. The Bertz CT molecular complexity index is 532. The van der Waals surface area contributed by atoms with Crippen molar-refractivity contribution in [2.45, 2.75) is 13.8 Å². The lowest BCUT2D eigenvalue weighted by Gasteiger charge is -2.00. The summed E-state index contributed by atoms with van der Waals surface area (Å²) in [6.07, 6.45) is 0. The summed E-state index contributed by atoms with van der Waals surface area (Å²) in [6.45, 7) is 3.46. The topological polar surface area (TPSA) is 71.5 Å². The second-order valence-electron chi connectivity index (χ2n) is 3.40. The monoisotopic (exact) mass is 217 g/mol. The highest BCUT2D eigenvalue weighted by molar-refractivity contribution is 5.99. The van der Waals surface area contributed by atoms with Crippen molar-refractivity contribution in [3.8, 4) is 11.4 Å². The van der Waals surface area contributed by atoms with Gasteiger partial charge < -0.3 is 9.73 Å². The van der Waals surface area contributed by atoms with E-state index in [-0.39, 0.29) is 0 Å². The van der Waals surface area contributed by atoms with E-state index in [1.54, 1.807) is 13.8 Å². The van der Waals surface area contributed by atoms with Crippen LogP contribution in [-0.2, 0) is 0 Å². The van der Waals surface area contributed by atoms with E-state index in [2.05, 4.69) is 15.3 Å². The molecule has 0 amide bonds. The Labute approximate surface area is 92.4 Å². The average Bonchev–Trinajstić information content (AvgIpc) is 2.75. The summed E-state index contributed by atoms with van der Waals surface area (Å²) in [5.74, 6) is 1.05. The van der Waals surface area contributed by atoms with E-state index in [1.165, 1.54) is 0 Å². The normalized spacial score (nSPS) is 11.8. The van der Waals surface area contributed by atoms with Gasteiger partial charge in [-0.05, 0) is 18.6 Å². The molecule has 1 N–H and O–H groups in total. The molecule has 0 fully saturated rings. The Balaban J connectivity index is 2.43. The molecule has 5 nitrogen and oxygen atoms in total. The van der Waals surface area contributed by atoms with Crippen LogP contribution in [0.4, 0.5) is 0 Å². The summed E-state index contributed by atoms with van der Waals surface area (Å²) in [5, 5.41) is 15.7. The van der Waals surface area contributed by atoms with Gasteiger partial charge in [-0.1, -0.05) is 28.5 Å². The fraction of sp³-hybridized carbons (Fsp3) is 0.182. The van der Waals surface area contributed by atoms with Gasteiger partial charge in [0.25, 0.3) is 0 Å². The van der Waals surface area contributed by atoms with Gasteiger partial charge in [-0.25, -0.2) is 0 Å². The molecule has 0 aliphatic heterocycles. The maximum Gasteiger partial charge on any atom is 0.223 e. The molecule has 0 aliphatic rings. The molecular formula is C11H11N3O2. The van der Waals surface area contributed by atoms with Gasteiger partial charge in [-0.3, -0.25) is 0 Å². The number of benzene rings is 1. The third-order valence-electron chi connectivity index (χ3n) is 2.22. The van der Waals surface area contributed by atoms with E-state index >= 15 is 0 Å². The first-order valence-electron chi connectivity index (χ1n) is 4.80. The molecule has 0 saturated heterocycles. The molecule has 0 saturated carbocycles. The summed E-state index contributed by atoms with van der Waals surface area (Å²) in [7, 11) is 0. The summed E-state index contributed by atoms with van der Waals surface area (Å²) in [4.78, 5) is 4.13. The predicted octanol–water partition coefficient (Wildman–Crippen LogP) is 2.24. The van der Waals surface area contributed by atoms with E-state index in [9.17, 15) is 0 Å². The van der Waals surface area contributed by atoms with Crippen LogP contribution in [0, 0.1) is 6.92 Å². The third-order valence-corrected chi connectivity index (χ3v) is 2.22. The fourth-order valence-corrected chi connectivity index (χ4v) is 1.36. The Morgan fingerprint density at radius 2 is 2.25 bits per heavy atom. The van der Waals surface area contributed by atoms with E-state index in [1.807, 2.05) is 24.3 Å². The standard InChI is InChI=1S/C11H11N3O2/c1-7(13-15)9-4-3-5-10(6-9)11-12-8(2)16-14-11/h3-6,15H,1-2H3/b13-7+. The van der Waals surface area contributed by atoms with Gasteiger partial charge >= 0.3 is 0 Å². The minimum Gasteiger partial charge on any atom is -0.411 e. The van der Waals surface area contributed by atoms with E-state index in [4.69, 9.17) is 9.73 Å². The Kier molecular flexibility index (Phi) is 2.68. The van der Waals surface area contributed by atoms with Crippen molar-refractivity contribution in [1.82, 2.24) is 10.1 Å². The third kappa shape index (κ3) is 1.93. The first kappa shape index (κ1) is 10.4. The summed E-state index contributed by atoms with van der Waals surface area (Å²) in [5.41, 5.74) is 2.20. The highest BCUT2D eigenvalue weighted by Crippen LogP contribution is 2.17. The van der Waals surface area contributed by atoms with Crippen molar-refractivity contribution in [3.63, 3.8) is 0 Å². The van der Waals surface area contributed by atoms with Gasteiger partial charge in [-0.2, -0.15) is 4.98 Å². The number of nitrogens with zero attached hydrogens (tertiary/aromatic N) is 3. The molecule has 1 aromatic heterocycles. The van der Waals surface area contributed by atoms with Gasteiger partial charge in [0, 0.05) is 12.5 Å². The minimum absolute atomic E-state index is 0.521.